The van der Waals surface area contributed by atoms with Crippen LogP contribution in [0.1, 0.15) is 5.56 Å². The fraction of sp³-hybridized carbons (Fsp3) is 0.100. The average Bonchev–Trinajstić information content (AvgIpc) is 2.59. The monoisotopic (exact) mass is 226 g/mol. The maximum atomic E-state index is 13.8. The van der Waals surface area contributed by atoms with Crippen molar-refractivity contribution in [3.8, 4) is 11.3 Å². The SMILES string of the molecule is Cc1ccc(Cl)c(-c2cc(N)on2)c1F. The van der Waals surface area contributed by atoms with E-state index in [2.05, 4.69) is 9.68 Å². The summed E-state index contributed by atoms with van der Waals surface area (Å²) in [6.07, 6.45) is 0. The van der Waals surface area contributed by atoms with Gasteiger partial charge in [-0.25, -0.2) is 4.39 Å². The third-order valence-electron chi connectivity index (χ3n) is 2.07. The van der Waals surface area contributed by atoms with E-state index in [9.17, 15) is 4.39 Å². The van der Waals surface area contributed by atoms with Crippen molar-refractivity contribution in [3.05, 3.63) is 34.6 Å². The summed E-state index contributed by atoms with van der Waals surface area (Å²) in [6, 6.07) is 4.65. The van der Waals surface area contributed by atoms with Crippen LogP contribution in [0, 0.1) is 12.7 Å². The molecule has 1 aromatic carbocycles. The minimum atomic E-state index is -0.407. The number of nitrogens with zero attached hydrogens (tertiary/aromatic N) is 1. The molecule has 0 radical (unpaired) electrons. The van der Waals surface area contributed by atoms with E-state index >= 15 is 0 Å². The molecule has 2 aromatic rings. The highest BCUT2D eigenvalue weighted by molar-refractivity contribution is 6.33. The minimum absolute atomic E-state index is 0.127. The van der Waals surface area contributed by atoms with Gasteiger partial charge < -0.3 is 10.3 Å². The Balaban J connectivity index is 2.66. The van der Waals surface area contributed by atoms with Gasteiger partial charge in [0.25, 0.3) is 0 Å². The summed E-state index contributed by atoms with van der Waals surface area (Å²) in [4.78, 5) is 0. The molecular formula is C10H8ClFN2O. The first-order valence-corrected chi connectivity index (χ1v) is 4.64. The standard InChI is InChI=1S/C10H8ClFN2O/c1-5-2-3-6(11)9(10(5)12)7-4-8(13)15-14-7/h2-4H,13H2,1H3. The molecule has 0 saturated heterocycles. The number of rotatable bonds is 1. The zero-order valence-corrected chi connectivity index (χ0v) is 8.68. The Labute approximate surface area is 90.6 Å². The second-order valence-corrected chi connectivity index (χ2v) is 3.57. The first kappa shape index (κ1) is 9.98. The van der Waals surface area contributed by atoms with Gasteiger partial charge in [0.2, 0.25) is 5.88 Å². The molecule has 0 saturated carbocycles. The van der Waals surface area contributed by atoms with Gasteiger partial charge in [0.05, 0.1) is 10.6 Å². The molecular weight excluding hydrogens is 219 g/mol. The third-order valence-corrected chi connectivity index (χ3v) is 2.38. The van der Waals surface area contributed by atoms with Crippen molar-refractivity contribution in [1.29, 1.82) is 0 Å². The third kappa shape index (κ3) is 1.68. The van der Waals surface area contributed by atoms with E-state index < -0.39 is 5.82 Å². The van der Waals surface area contributed by atoms with E-state index in [0.717, 1.165) is 0 Å². The molecule has 0 unspecified atom stereocenters. The summed E-state index contributed by atoms with van der Waals surface area (Å²) < 4.78 is 18.4. The molecule has 78 valence electrons. The number of halogens is 2. The van der Waals surface area contributed by atoms with Crippen molar-refractivity contribution in [2.75, 3.05) is 5.73 Å². The maximum Gasteiger partial charge on any atom is 0.222 e. The summed E-state index contributed by atoms with van der Waals surface area (Å²) >= 11 is 5.88. The lowest BCUT2D eigenvalue weighted by atomic mass is 10.1. The zero-order valence-electron chi connectivity index (χ0n) is 7.92. The van der Waals surface area contributed by atoms with Gasteiger partial charge in [0, 0.05) is 6.07 Å². The molecule has 0 aliphatic heterocycles. The number of aromatic nitrogens is 1. The first-order chi connectivity index (χ1) is 7.09. The normalized spacial score (nSPS) is 10.6. The highest BCUT2D eigenvalue weighted by atomic mass is 35.5. The van der Waals surface area contributed by atoms with Crippen LogP contribution < -0.4 is 5.73 Å². The molecule has 3 nitrogen and oxygen atoms in total. The quantitative estimate of drug-likeness (QED) is 0.813. The molecule has 5 heteroatoms. The molecule has 15 heavy (non-hydrogen) atoms. The molecule has 0 bridgehead atoms. The molecule has 0 amide bonds. The van der Waals surface area contributed by atoms with Crippen molar-refractivity contribution >= 4 is 17.5 Å². The van der Waals surface area contributed by atoms with Crippen molar-refractivity contribution in [2.45, 2.75) is 6.92 Å². The Morgan fingerprint density at radius 1 is 1.47 bits per heavy atom. The van der Waals surface area contributed by atoms with Crippen LogP contribution in [0.3, 0.4) is 0 Å². The summed E-state index contributed by atoms with van der Waals surface area (Å²) in [5.41, 5.74) is 6.38. The van der Waals surface area contributed by atoms with Crippen LogP contribution >= 0.6 is 11.6 Å². The number of hydrogen-bond acceptors (Lipinski definition) is 3. The highest BCUT2D eigenvalue weighted by Gasteiger charge is 2.15. The molecule has 2 rings (SSSR count). The Hall–Kier alpha value is -1.55. The summed E-state index contributed by atoms with van der Waals surface area (Å²) in [5, 5.41) is 3.91. The van der Waals surface area contributed by atoms with Crippen molar-refractivity contribution in [1.82, 2.24) is 5.16 Å². The van der Waals surface area contributed by atoms with Gasteiger partial charge in [-0.1, -0.05) is 22.8 Å². The molecule has 1 heterocycles. The van der Waals surface area contributed by atoms with E-state index in [4.69, 9.17) is 17.3 Å². The number of anilines is 1. The van der Waals surface area contributed by atoms with Crippen LogP contribution in [0.2, 0.25) is 5.02 Å². The van der Waals surface area contributed by atoms with Gasteiger partial charge >= 0.3 is 0 Å². The van der Waals surface area contributed by atoms with Gasteiger partial charge in [0.15, 0.2) is 0 Å². The lowest BCUT2D eigenvalue weighted by molar-refractivity contribution is 0.438. The lowest BCUT2D eigenvalue weighted by Gasteiger charge is -2.04. The van der Waals surface area contributed by atoms with Crippen LogP contribution in [0.5, 0.6) is 0 Å². The molecule has 0 fully saturated rings. The molecule has 0 atom stereocenters. The second-order valence-electron chi connectivity index (χ2n) is 3.17. The molecule has 1 aromatic heterocycles. The Bertz CT molecular complexity index is 510. The molecule has 2 N–H and O–H groups in total. The number of nitrogen functional groups attached to an aromatic ring is 1. The van der Waals surface area contributed by atoms with Gasteiger partial charge in [0.1, 0.15) is 11.5 Å². The fourth-order valence-corrected chi connectivity index (χ4v) is 1.54. The van der Waals surface area contributed by atoms with E-state index in [1.165, 1.54) is 6.07 Å². The fourth-order valence-electron chi connectivity index (χ4n) is 1.30. The lowest BCUT2D eigenvalue weighted by Crippen LogP contribution is -1.89. The Morgan fingerprint density at radius 3 is 2.80 bits per heavy atom. The number of hydrogen-bond donors (Lipinski definition) is 1. The number of nitrogens with two attached hydrogens (primary N) is 1. The summed E-state index contributed by atoms with van der Waals surface area (Å²) in [6.45, 7) is 1.65. The van der Waals surface area contributed by atoms with Crippen molar-refractivity contribution < 1.29 is 8.91 Å². The predicted molar refractivity (Wildman–Crippen MR) is 56.1 cm³/mol. The van der Waals surface area contributed by atoms with Gasteiger partial charge in [-0.3, -0.25) is 0 Å². The van der Waals surface area contributed by atoms with E-state index in [1.54, 1.807) is 19.1 Å². The van der Waals surface area contributed by atoms with Crippen LogP contribution in [0.15, 0.2) is 22.7 Å². The first-order valence-electron chi connectivity index (χ1n) is 4.26. The minimum Gasteiger partial charge on any atom is -0.368 e. The van der Waals surface area contributed by atoms with Crippen LogP contribution in [0.25, 0.3) is 11.3 Å². The average molecular weight is 227 g/mol. The second kappa shape index (κ2) is 3.55. The number of aryl methyl sites for hydroxylation is 1. The van der Waals surface area contributed by atoms with Crippen molar-refractivity contribution in [3.63, 3.8) is 0 Å². The van der Waals surface area contributed by atoms with E-state index in [-0.39, 0.29) is 16.5 Å². The summed E-state index contributed by atoms with van der Waals surface area (Å²) in [5.74, 6) is -0.280. The smallest absolute Gasteiger partial charge is 0.222 e. The largest absolute Gasteiger partial charge is 0.368 e. The number of benzene rings is 1. The van der Waals surface area contributed by atoms with Crippen LogP contribution in [-0.2, 0) is 0 Å². The maximum absolute atomic E-state index is 13.8. The Morgan fingerprint density at radius 2 is 2.20 bits per heavy atom. The van der Waals surface area contributed by atoms with Gasteiger partial charge in [-0.05, 0) is 18.6 Å². The summed E-state index contributed by atoms with van der Waals surface area (Å²) in [7, 11) is 0. The molecule has 0 spiro atoms. The van der Waals surface area contributed by atoms with Gasteiger partial charge in [-0.15, -0.1) is 0 Å². The van der Waals surface area contributed by atoms with Crippen LogP contribution in [0.4, 0.5) is 10.3 Å². The van der Waals surface area contributed by atoms with E-state index in [0.29, 0.717) is 11.3 Å². The molecule has 0 aliphatic rings. The van der Waals surface area contributed by atoms with Gasteiger partial charge in [-0.2, -0.15) is 0 Å². The van der Waals surface area contributed by atoms with Crippen LogP contribution in [-0.4, -0.2) is 5.16 Å². The Kier molecular flexibility index (Phi) is 2.36. The topological polar surface area (TPSA) is 52.0 Å². The predicted octanol–water partition coefficient (Wildman–Crippen LogP) is 3.02. The highest BCUT2D eigenvalue weighted by Crippen LogP contribution is 2.32. The van der Waals surface area contributed by atoms with E-state index in [1.807, 2.05) is 0 Å². The molecule has 0 aliphatic carbocycles. The zero-order chi connectivity index (χ0) is 11.0. The van der Waals surface area contributed by atoms with Crippen molar-refractivity contribution in [2.24, 2.45) is 0 Å².